The van der Waals surface area contributed by atoms with Gasteiger partial charge in [0.05, 0.1) is 18.0 Å². The van der Waals surface area contributed by atoms with Crippen LogP contribution >= 0.6 is 12.4 Å². The van der Waals surface area contributed by atoms with Gasteiger partial charge in [-0.3, -0.25) is 10.4 Å². The van der Waals surface area contributed by atoms with Crippen LogP contribution in [0.1, 0.15) is 18.4 Å². The molecule has 0 unspecified atom stereocenters. The van der Waals surface area contributed by atoms with Crippen molar-refractivity contribution in [2.45, 2.75) is 19.4 Å². The maximum absolute atomic E-state index is 12.2. The molecule has 1 fully saturated rings. The first-order valence-corrected chi connectivity index (χ1v) is 11.0. The van der Waals surface area contributed by atoms with Gasteiger partial charge in [0.15, 0.2) is 0 Å². The van der Waals surface area contributed by atoms with Gasteiger partial charge >= 0.3 is 6.09 Å². The number of carbonyl (C=O) groups is 1. The molecule has 0 saturated carbocycles. The minimum absolute atomic E-state index is 0. The highest BCUT2D eigenvalue weighted by molar-refractivity contribution is 5.85. The lowest BCUT2D eigenvalue weighted by Gasteiger charge is -2.33. The standard InChI is InChI=1S/C25H29N5O2.ClH/c31-25(32-19-21-12-16-30(17-13-21)22-10-14-26-15-11-22)29-28-24-9-5-4-8-23(24)27-18-20-6-2-1-3-7-20;/h1-11,14-15,21,27-28H,12-13,16-19H2,(H,29,31);1H. The van der Waals surface area contributed by atoms with Crippen molar-refractivity contribution in [2.24, 2.45) is 5.92 Å². The van der Waals surface area contributed by atoms with Crippen LogP contribution in [-0.2, 0) is 11.3 Å². The molecule has 33 heavy (non-hydrogen) atoms. The van der Waals surface area contributed by atoms with Crippen molar-refractivity contribution in [3.63, 3.8) is 0 Å². The molecule has 0 radical (unpaired) electrons. The van der Waals surface area contributed by atoms with Crippen LogP contribution in [0.5, 0.6) is 0 Å². The normalized spacial score (nSPS) is 13.5. The lowest BCUT2D eigenvalue weighted by molar-refractivity contribution is 0.122. The zero-order chi connectivity index (χ0) is 22.0. The smallest absolute Gasteiger partial charge is 0.425 e. The predicted octanol–water partition coefficient (Wildman–Crippen LogP) is 5.09. The Balaban J connectivity index is 0.00000306. The summed E-state index contributed by atoms with van der Waals surface area (Å²) in [6, 6.07) is 22.0. The molecule has 8 heteroatoms. The van der Waals surface area contributed by atoms with E-state index in [-0.39, 0.29) is 12.4 Å². The van der Waals surface area contributed by atoms with Crippen LogP contribution < -0.4 is 21.1 Å². The second kappa shape index (κ2) is 12.6. The van der Waals surface area contributed by atoms with Crippen molar-refractivity contribution < 1.29 is 9.53 Å². The number of hydrazine groups is 1. The Kier molecular flexibility index (Phi) is 9.20. The van der Waals surface area contributed by atoms with Crippen molar-refractivity contribution in [2.75, 3.05) is 35.3 Å². The number of nitrogens with zero attached hydrogens (tertiary/aromatic N) is 2. The van der Waals surface area contributed by atoms with E-state index in [0.717, 1.165) is 37.3 Å². The number of amides is 1. The molecule has 3 N–H and O–H groups in total. The van der Waals surface area contributed by atoms with E-state index in [2.05, 4.69) is 38.2 Å². The van der Waals surface area contributed by atoms with Crippen molar-refractivity contribution in [3.05, 3.63) is 84.7 Å². The first-order chi connectivity index (χ1) is 15.8. The van der Waals surface area contributed by atoms with Crippen LogP contribution in [0.2, 0.25) is 0 Å². The van der Waals surface area contributed by atoms with Crippen LogP contribution in [0.3, 0.4) is 0 Å². The zero-order valence-corrected chi connectivity index (χ0v) is 19.3. The molecule has 4 rings (SSSR count). The number of benzene rings is 2. The zero-order valence-electron chi connectivity index (χ0n) is 18.4. The highest BCUT2D eigenvalue weighted by Crippen LogP contribution is 2.23. The molecule has 1 amide bonds. The van der Waals surface area contributed by atoms with E-state index in [1.807, 2.05) is 67.0 Å². The first-order valence-electron chi connectivity index (χ1n) is 11.0. The number of ether oxygens (including phenoxy) is 1. The lowest BCUT2D eigenvalue weighted by Crippen LogP contribution is -2.37. The molecule has 0 bridgehead atoms. The van der Waals surface area contributed by atoms with Crippen LogP contribution in [0.25, 0.3) is 0 Å². The predicted molar refractivity (Wildman–Crippen MR) is 135 cm³/mol. The van der Waals surface area contributed by atoms with Crippen molar-refractivity contribution in [1.29, 1.82) is 0 Å². The molecule has 0 atom stereocenters. The summed E-state index contributed by atoms with van der Waals surface area (Å²) in [5, 5.41) is 3.39. The van der Waals surface area contributed by atoms with Crippen LogP contribution in [0.4, 0.5) is 21.9 Å². The number of halogens is 1. The average Bonchev–Trinajstić information content (AvgIpc) is 2.87. The summed E-state index contributed by atoms with van der Waals surface area (Å²) in [6.45, 7) is 3.03. The number of carbonyl (C=O) groups excluding carboxylic acids is 1. The van der Waals surface area contributed by atoms with Gasteiger partial charge in [-0.15, -0.1) is 12.4 Å². The van der Waals surface area contributed by atoms with Gasteiger partial charge in [0.2, 0.25) is 0 Å². The molecule has 1 aromatic heterocycles. The molecule has 1 aliphatic rings. The Hall–Kier alpha value is -3.45. The van der Waals surface area contributed by atoms with Crippen molar-refractivity contribution >= 4 is 35.6 Å². The fourth-order valence-corrected chi connectivity index (χ4v) is 3.80. The third kappa shape index (κ3) is 7.29. The number of nitrogens with one attached hydrogen (secondary N) is 3. The molecule has 1 aliphatic heterocycles. The van der Waals surface area contributed by atoms with E-state index in [1.165, 1.54) is 11.3 Å². The summed E-state index contributed by atoms with van der Waals surface area (Å²) in [5.41, 5.74) is 9.67. The molecule has 0 spiro atoms. The van der Waals surface area contributed by atoms with E-state index in [9.17, 15) is 4.79 Å². The third-order valence-corrected chi connectivity index (χ3v) is 5.64. The number of anilines is 3. The summed E-state index contributed by atoms with van der Waals surface area (Å²) < 4.78 is 5.45. The number of hydrogen-bond donors (Lipinski definition) is 3. The molecule has 1 saturated heterocycles. The van der Waals surface area contributed by atoms with E-state index in [4.69, 9.17) is 4.74 Å². The second-order valence-electron chi connectivity index (χ2n) is 7.87. The Labute approximate surface area is 200 Å². The number of rotatable bonds is 8. The summed E-state index contributed by atoms with van der Waals surface area (Å²) in [5.74, 6) is 0.374. The monoisotopic (exact) mass is 467 g/mol. The van der Waals surface area contributed by atoms with Gasteiger partial charge in [0.25, 0.3) is 0 Å². The van der Waals surface area contributed by atoms with E-state index < -0.39 is 6.09 Å². The summed E-state index contributed by atoms with van der Waals surface area (Å²) in [6.07, 6.45) is 5.15. The van der Waals surface area contributed by atoms with E-state index in [0.29, 0.717) is 19.1 Å². The maximum atomic E-state index is 12.2. The number of aromatic nitrogens is 1. The van der Waals surface area contributed by atoms with Gasteiger partial charge in [-0.05, 0) is 48.6 Å². The lowest BCUT2D eigenvalue weighted by atomic mass is 9.97. The van der Waals surface area contributed by atoms with Gasteiger partial charge in [-0.25, -0.2) is 10.2 Å². The SMILES string of the molecule is Cl.O=C(NNc1ccccc1NCc1ccccc1)OCC1CCN(c2ccncc2)CC1. The number of pyridine rings is 1. The van der Waals surface area contributed by atoms with Crippen LogP contribution in [-0.4, -0.2) is 30.8 Å². The molecule has 3 aromatic rings. The quantitative estimate of drug-likeness (QED) is 0.401. The largest absolute Gasteiger partial charge is 0.448 e. The molecule has 2 heterocycles. The Morgan fingerprint density at radius 2 is 1.61 bits per heavy atom. The Bertz CT molecular complexity index is 982. The molecule has 0 aliphatic carbocycles. The molecule has 174 valence electrons. The summed E-state index contributed by atoms with van der Waals surface area (Å²) in [7, 11) is 0. The molecule has 2 aromatic carbocycles. The number of hydrogen-bond acceptors (Lipinski definition) is 6. The molecular formula is C25H30ClN5O2. The average molecular weight is 468 g/mol. The minimum atomic E-state index is -0.473. The fraction of sp³-hybridized carbons (Fsp3) is 0.280. The van der Waals surface area contributed by atoms with Gasteiger partial charge < -0.3 is 15.0 Å². The first kappa shape index (κ1) is 24.2. The minimum Gasteiger partial charge on any atom is -0.448 e. The topological polar surface area (TPSA) is 78.5 Å². The van der Waals surface area contributed by atoms with Crippen LogP contribution in [0, 0.1) is 5.92 Å². The summed E-state index contributed by atoms with van der Waals surface area (Å²) >= 11 is 0. The number of piperidine rings is 1. The highest BCUT2D eigenvalue weighted by Gasteiger charge is 2.20. The molecular weight excluding hydrogens is 438 g/mol. The maximum Gasteiger partial charge on any atom is 0.425 e. The Morgan fingerprint density at radius 1 is 0.939 bits per heavy atom. The van der Waals surface area contributed by atoms with Crippen molar-refractivity contribution in [3.8, 4) is 0 Å². The fourth-order valence-electron chi connectivity index (χ4n) is 3.80. The van der Waals surface area contributed by atoms with Gasteiger partial charge in [-0.1, -0.05) is 42.5 Å². The van der Waals surface area contributed by atoms with Gasteiger partial charge in [0.1, 0.15) is 0 Å². The number of para-hydroxylation sites is 2. The molecule has 7 nitrogen and oxygen atoms in total. The highest BCUT2D eigenvalue weighted by atomic mass is 35.5. The van der Waals surface area contributed by atoms with Gasteiger partial charge in [-0.2, -0.15) is 0 Å². The Morgan fingerprint density at radius 3 is 2.33 bits per heavy atom. The summed E-state index contributed by atoms with van der Waals surface area (Å²) in [4.78, 5) is 18.6. The van der Waals surface area contributed by atoms with Crippen LogP contribution in [0.15, 0.2) is 79.1 Å². The van der Waals surface area contributed by atoms with Gasteiger partial charge in [0, 0.05) is 37.7 Å². The second-order valence-corrected chi connectivity index (χ2v) is 7.87. The van der Waals surface area contributed by atoms with Crippen molar-refractivity contribution in [1.82, 2.24) is 10.4 Å². The van der Waals surface area contributed by atoms with E-state index in [1.54, 1.807) is 0 Å². The van der Waals surface area contributed by atoms with E-state index >= 15 is 0 Å². The third-order valence-electron chi connectivity index (χ3n) is 5.64.